The predicted molar refractivity (Wildman–Crippen MR) is 89.8 cm³/mol. The van der Waals surface area contributed by atoms with Gasteiger partial charge >= 0.3 is 0 Å². The quantitative estimate of drug-likeness (QED) is 0.702. The molecular weight excluding hydrogens is 349 g/mol. The van der Waals surface area contributed by atoms with Crippen molar-refractivity contribution in [2.24, 2.45) is 5.73 Å². The summed E-state index contributed by atoms with van der Waals surface area (Å²) in [6.07, 6.45) is 0. The number of benzene rings is 1. The molecule has 1 aromatic rings. The van der Waals surface area contributed by atoms with Crippen molar-refractivity contribution >= 4 is 39.9 Å². The molecule has 0 aliphatic carbocycles. The number of carbonyl (C=O) groups is 1. The number of nitrogens with one attached hydrogen (secondary N) is 2. The first-order valence-corrected chi connectivity index (χ1v) is 8.23. The van der Waals surface area contributed by atoms with E-state index in [4.69, 9.17) is 17.3 Å². The smallest absolute Gasteiger partial charge is 0.241 e. The van der Waals surface area contributed by atoms with E-state index < -0.39 is 27.5 Å². The average molecular weight is 370 g/mol. The van der Waals surface area contributed by atoms with E-state index in [0.717, 1.165) is 0 Å². The second-order valence-electron chi connectivity index (χ2n) is 5.37. The summed E-state index contributed by atoms with van der Waals surface area (Å²) in [5.74, 6) is -0.442. The Labute approximate surface area is 142 Å². The molecule has 0 fully saturated rings. The lowest BCUT2D eigenvalue weighted by atomic mass is 10.1. The molecule has 1 amide bonds. The highest BCUT2D eigenvalue weighted by molar-refractivity contribution is 7.89. The Morgan fingerprint density at radius 3 is 2.27 bits per heavy atom. The largest absolute Gasteiger partial charge is 0.349 e. The van der Waals surface area contributed by atoms with Gasteiger partial charge in [-0.3, -0.25) is 4.79 Å². The minimum absolute atomic E-state index is 0. The maximum atomic E-state index is 12.1. The van der Waals surface area contributed by atoms with Crippen LogP contribution in [0.1, 0.15) is 20.8 Å². The lowest BCUT2D eigenvalue weighted by Crippen LogP contribution is -2.54. The maximum absolute atomic E-state index is 12.1. The molecule has 126 valence electrons. The van der Waals surface area contributed by atoms with Gasteiger partial charge in [0.1, 0.15) is 0 Å². The van der Waals surface area contributed by atoms with Crippen molar-refractivity contribution in [2.45, 2.75) is 37.2 Å². The van der Waals surface area contributed by atoms with Gasteiger partial charge in [-0.2, -0.15) is 4.72 Å². The zero-order valence-corrected chi connectivity index (χ0v) is 15.0. The number of sulfonamides is 1. The second kappa shape index (κ2) is 8.12. The van der Waals surface area contributed by atoms with E-state index in [1.807, 2.05) is 0 Å². The Morgan fingerprint density at radius 1 is 1.32 bits per heavy atom. The van der Waals surface area contributed by atoms with Crippen LogP contribution in [0, 0.1) is 0 Å². The molecule has 1 rings (SSSR count). The molecule has 22 heavy (non-hydrogen) atoms. The van der Waals surface area contributed by atoms with Crippen LogP contribution in [0.3, 0.4) is 0 Å². The first-order chi connectivity index (χ1) is 9.57. The first kappa shape index (κ1) is 21.1. The van der Waals surface area contributed by atoms with Crippen molar-refractivity contribution < 1.29 is 13.2 Å². The molecule has 0 spiro atoms. The molecule has 0 radical (unpaired) electrons. The molecule has 0 bridgehead atoms. The second-order valence-corrected chi connectivity index (χ2v) is 7.52. The summed E-state index contributed by atoms with van der Waals surface area (Å²) in [7, 11) is -3.78. The monoisotopic (exact) mass is 369 g/mol. The Kier molecular flexibility index (Phi) is 7.80. The Morgan fingerprint density at radius 2 is 1.82 bits per heavy atom. The fourth-order valence-electron chi connectivity index (χ4n) is 1.46. The molecule has 1 aromatic carbocycles. The van der Waals surface area contributed by atoms with Crippen molar-refractivity contribution in [1.82, 2.24) is 10.0 Å². The molecule has 0 aromatic heterocycles. The zero-order chi connectivity index (χ0) is 16.3. The minimum atomic E-state index is -3.78. The van der Waals surface area contributed by atoms with Gasteiger partial charge in [0.2, 0.25) is 15.9 Å². The third-order valence-corrected chi connectivity index (χ3v) is 4.63. The van der Waals surface area contributed by atoms with Gasteiger partial charge in [0.15, 0.2) is 0 Å². The van der Waals surface area contributed by atoms with Gasteiger partial charge in [-0.1, -0.05) is 11.6 Å². The van der Waals surface area contributed by atoms with Crippen LogP contribution in [0.5, 0.6) is 0 Å². The van der Waals surface area contributed by atoms with Gasteiger partial charge in [0.25, 0.3) is 0 Å². The normalized spacial score (nSPS) is 13.1. The molecule has 1 unspecified atom stereocenters. The summed E-state index contributed by atoms with van der Waals surface area (Å²) in [6, 6.07) is 4.77. The van der Waals surface area contributed by atoms with Crippen LogP contribution in [0.15, 0.2) is 29.2 Å². The molecule has 0 saturated heterocycles. The van der Waals surface area contributed by atoms with Gasteiger partial charge in [-0.25, -0.2) is 8.42 Å². The maximum Gasteiger partial charge on any atom is 0.241 e. The summed E-state index contributed by atoms with van der Waals surface area (Å²) in [5, 5.41) is 3.11. The van der Waals surface area contributed by atoms with Crippen molar-refractivity contribution in [2.75, 3.05) is 6.54 Å². The number of halogens is 2. The van der Waals surface area contributed by atoms with Gasteiger partial charge in [-0.05, 0) is 45.0 Å². The van der Waals surface area contributed by atoms with Crippen molar-refractivity contribution in [3.63, 3.8) is 0 Å². The summed E-state index contributed by atoms with van der Waals surface area (Å²) in [5.41, 5.74) is 4.92. The summed E-state index contributed by atoms with van der Waals surface area (Å²) >= 11 is 5.72. The standard InChI is InChI=1S/C13H20ClN3O3S.ClH/c1-9(12(18)16-13(2,3)8-15)17-21(19,20)11-6-4-10(14)5-7-11;/h4-7,9,17H,8,15H2,1-3H3,(H,16,18);1H. The van der Waals surface area contributed by atoms with E-state index in [1.54, 1.807) is 13.8 Å². The summed E-state index contributed by atoms with van der Waals surface area (Å²) < 4.78 is 26.6. The molecule has 0 aliphatic rings. The summed E-state index contributed by atoms with van der Waals surface area (Å²) in [6.45, 7) is 5.22. The number of carbonyl (C=O) groups excluding carboxylic acids is 1. The molecule has 0 saturated carbocycles. The van der Waals surface area contributed by atoms with Crippen LogP contribution in [-0.4, -0.2) is 32.5 Å². The zero-order valence-electron chi connectivity index (χ0n) is 12.6. The van der Waals surface area contributed by atoms with Crippen LogP contribution in [0.4, 0.5) is 0 Å². The average Bonchev–Trinajstić information content (AvgIpc) is 2.38. The van der Waals surface area contributed by atoms with E-state index in [0.29, 0.717) is 5.02 Å². The van der Waals surface area contributed by atoms with Crippen LogP contribution in [0.2, 0.25) is 5.02 Å². The van der Waals surface area contributed by atoms with E-state index in [2.05, 4.69) is 10.0 Å². The number of rotatable bonds is 6. The Hall–Kier alpha value is -0.860. The van der Waals surface area contributed by atoms with E-state index in [9.17, 15) is 13.2 Å². The van der Waals surface area contributed by atoms with Gasteiger partial charge < -0.3 is 11.1 Å². The van der Waals surface area contributed by atoms with Crippen molar-refractivity contribution in [3.05, 3.63) is 29.3 Å². The van der Waals surface area contributed by atoms with Crippen LogP contribution < -0.4 is 15.8 Å². The van der Waals surface area contributed by atoms with Crippen molar-refractivity contribution in [1.29, 1.82) is 0 Å². The lowest BCUT2D eigenvalue weighted by Gasteiger charge is -2.26. The van der Waals surface area contributed by atoms with E-state index in [-0.39, 0.29) is 23.8 Å². The highest BCUT2D eigenvalue weighted by atomic mass is 35.5. The highest BCUT2D eigenvalue weighted by Crippen LogP contribution is 2.14. The Bertz CT molecular complexity index is 603. The summed E-state index contributed by atoms with van der Waals surface area (Å²) in [4.78, 5) is 12.0. The van der Waals surface area contributed by atoms with Crippen LogP contribution in [0.25, 0.3) is 0 Å². The first-order valence-electron chi connectivity index (χ1n) is 6.37. The van der Waals surface area contributed by atoms with Gasteiger partial charge in [0, 0.05) is 17.1 Å². The van der Waals surface area contributed by atoms with Crippen LogP contribution >= 0.6 is 24.0 Å². The number of nitrogens with two attached hydrogens (primary N) is 1. The number of hydrogen-bond donors (Lipinski definition) is 3. The molecule has 0 heterocycles. The lowest BCUT2D eigenvalue weighted by molar-refractivity contribution is -0.123. The van der Waals surface area contributed by atoms with Crippen molar-refractivity contribution in [3.8, 4) is 0 Å². The molecule has 0 aliphatic heterocycles. The third kappa shape index (κ3) is 6.10. The molecule has 9 heteroatoms. The Balaban J connectivity index is 0.00000441. The predicted octanol–water partition coefficient (Wildman–Crippen LogP) is 1.28. The number of hydrogen-bond acceptors (Lipinski definition) is 4. The fraction of sp³-hybridized carbons (Fsp3) is 0.462. The molecule has 1 atom stereocenters. The minimum Gasteiger partial charge on any atom is -0.349 e. The molecule has 4 N–H and O–H groups in total. The topological polar surface area (TPSA) is 101 Å². The molecular formula is C13H21Cl2N3O3S. The molecule has 6 nitrogen and oxygen atoms in total. The number of amides is 1. The van der Waals surface area contributed by atoms with Crippen LogP contribution in [-0.2, 0) is 14.8 Å². The highest BCUT2D eigenvalue weighted by Gasteiger charge is 2.26. The van der Waals surface area contributed by atoms with Gasteiger partial charge in [0.05, 0.1) is 10.9 Å². The third-order valence-electron chi connectivity index (χ3n) is 2.82. The van der Waals surface area contributed by atoms with E-state index in [1.165, 1.54) is 31.2 Å². The van der Waals surface area contributed by atoms with E-state index >= 15 is 0 Å². The van der Waals surface area contributed by atoms with Gasteiger partial charge in [-0.15, -0.1) is 12.4 Å². The SMILES string of the molecule is CC(NS(=O)(=O)c1ccc(Cl)cc1)C(=O)NC(C)(C)CN.Cl. The fourth-order valence-corrected chi connectivity index (χ4v) is 2.79.